The van der Waals surface area contributed by atoms with Gasteiger partial charge in [0.2, 0.25) is 0 Å². The van der Waals surface area contributed by atoms with E-state index in [4.69, 9.17) is 10.5 Å². The van der Waals surface area contributed by atoms with Crippen molar-refractivity contribution < 1.29 is 4.74 Å². The Hall–Kier alpha value is -1.45. The molecule has 18 heavy (non-hydrogen) atoms. The first kappa shape index (κ1) is 13.0. The lowest BCUT2D eigenvalue weighted by atomic mass is 9.93. The summed E-state index contributed by atoms with van der Waals surface area (Å²) in [6.45, 7) is 4.09. The zero-order chi connectivity index (χ0) is 13.2. The summed E-state index contributed by atoms with van der Waals surface area (Å²) >= 11 is 0. The minimum Gasteiger partial charge on any atom is -0.379 e. The maximum absolute atomic E-state index is 6.30. The van der Waals surface area contributed by atoms with Crippen LogP contribution in [0.4, 0.5) is 0 Å². The van der Waals surface area contributed by atoms with Gasteiger partial charge in [-0.05, 0) is 31.9 Å². The quantitative estimate of drug-likeness (QED) is 0.899. The van der Waals surface area contributed by atoms with Gasteiger partial charge in [0.25, 0.3) is 0 Å². The molecule has 1 heterocycles. The van der Waals surface area contributed by atoms with E-state index in [0.717, 1.165) is 22.9 Å². The van der Waals surface area contributed by atoms with Crippen molar-refractivity contribution >= 4 is 10.9 Å². The molecule has 0 saturated carbocycles. The standard InChI is InChI=1S/C15H20N2O/c1-15(2,18-3)10-13(16)12-8-4-6-11-7-5-9-17-14(11)12/h4-9,13H,10,16H2,1-3H3. The van der Waals surface area contributed by atoms with Crippen LogP contribution in [0.25, 0.3) is 10.9 Å². The van der Waals surface area contributed by atoms with Crippen molar-refractivity contribution in [2.24, 2.45) is 5.73 Å². The molecular weight excluding hydrogens is 224 g/mol. The summed E-state index contributed by atoms with van der Waals surface area (Å²) in [6, 6.07) is 10.1. The smallest absolute Gasteiger partial charge is 0.0749 e. The van der Waals surface area contributed by atoms with Gasteiger partial charge < -0.3 is 10.5 Å². The number of para-hydroxylation sites is 1. The molecule has 2 aromatic rings. The summed E-state index contributed by atoms with van der Waals surface area (Å²) in [6.07, 6.45) is 2.57. The van der Waals surface area contributed by atoms with Crippen molar-refractivity contribution in [1.82, 2.24) is 4.98 Å². The highest BCUT2D eigenvalue weighted by molar-refractivity contribution is 5.81. The van der Waals surface area contributed by atoms with Crippen LogP contribution in [0.1, 0.15) is 31.9 Å². The van der Waals surface area contributed by atoms with E-state index in [0.29, 0.717) is 0 Å². The van der Waals surface area contributed by atoms with E-state index in [9.17, 15) is 0 Å². The van der Waals surface area contributed by atoms with E-state index in [1.54, 1.807) is 13.3 Å². The third-order valence-electron chi connectivity index (χ3n) is 3.33. The molecule has 0 spiro atoms. The summed E-state index contributed by atoms with van der Waals surface area (Å²) < 4.78 is 5.44. The number of hydrogen-bond acceptors (Lipinski definition) is 3. The molecule has 0 aliphatic carbocycles. The molecule has 0 fully saturated rings. The van der Waals surface area contributed by atoms with Gasteiger partial charge in [0.1, 0.15) is 0 Å². The Kier molecular flexibility index (Phi) is 3.64. The monoisotopic (exact) mass is 244 g/mol. The Bertz CT molecular complexity index is 532. The predicted molar refractivity (Wildman–Crippen MR) is 74.4 cm³/mol. The van der Waals surface area contributed by atoms with Gasteiger partial charge in [-0.15, -0.1) is 0 Å². The van der Waals surface area contributed by atoms with Crippen LogP contribution in [0.15, 0.2) is 36.5 Å². The number of benzene rings is 1. The molecule has 3 heteroatoms. The average molecular weight is 244 g/mol. The van der Waals surface area contributed by atoms with E-state index in [-0.39, 0.29) is 11.6 Å². The van der Waals surface area contributed by atoms with Crippen LogP contribution in [0.5, 0.6) is 0 Å². The Morgan fingerprint density at radius 2 is 2.00 bits per heavy atom. The van der Waals surface area contributed by atoms with E-state index in [2.05, 4.69) is 17.1 Å². The van der Waals surface area contributed by atoms with Crippen molar-refractivity contribution in [1.29, 1.82) is 0 Å². The largest absolute Gasteiger partial charge is 0.379 e. The zero-order valence-electron chi connectivity index (χ0n) is 11.2. The van der Waals surface area contributed by atoms with Crippen molar-refractivity contribution in [2.75, 3.05) is 7.11 Å². The molecule has 1 atom stereocenters. The molecule has 0 aliphatic heterocycles. The van der Waals surface area contributed by atoms with Gasteiger partial charge in [-0.3, -0.25) is 4.98 Å². The maximum atomic E-state index is 6.30. The SMILES string of the molecule is COC(C)(C)CC(N)c1cccc2cccnc12. The summed E-state index contributed by atoms with van der Waals surface area (Å²) in [7, 11) is 1.72. The fourth-order valence-corrected chi connectivity index (χ4v) is 2.15. The molecule has 1 aromatic heterocycles. The van der Waals surface area contributed by atoms with Crippen molar-refractivity contribution in [3.8, 4) is 0 Å². The first-order valence-electron chi connectivity index (χ1n) is 6.18. The Morgan fingerprint density at radius 1 is 1.28 bits per heavy atom. The Labute approximate surface area is 108 Å². The molecule has 2 N–H and O–H groups in total. The van der Waals surface area contributed by atoms with Crippen molar-refractivity contribution in [3.63, 3.8) is 0 Å². The lowest BCUT2D eigenvalue weighted by Crippen LogP contribution is -2.28. The highest BCUT2D eigenvalue weighted by Gasteiger charge is 2.22. The number of pyridine rings is 1. The molecule has 1 unspecified atom stereocenters. The Morgan fingerprint density at radius 3 is 2.72 bits per heavy atom. The Balaban J connectivity index is 2.36. The van der Waals surface area contributed by atoms with Crippen molar-refractivity contribution in [3.05, 3.63) is 42.1 Å². The summed E-state index contributed by atoms with van der Waals surface area (Å²) in [4.78, 5) is 4.44. The first-order chi connectivity index (χ1) is 8.53. The van der Waals surface area contributed by atoms with E-state index >= 15 is 0 Å². The predicted octanol–water partition coefficient (Wildman–Crippen LogP) is 3.05. The minimum atomic E-state index is -0.226. The molecule has 96 valence electrons. The number of aromatic nitrogens is 1. The van der Waals surface area contributed by atoms with Crippen LogP contribution in [0, 0.1) is 0 Å². The number of rotatable bonds is 4. The average Bonchev–Trinajstić information content (AvgIpc) is 2.37. The number of fused-ring (bicyclic) bond motifs is 1. The molecule has 0 radical (unpaired) electrons. The van der Waals surface area contributed by atoms with Crippen LogP contribution in [-0.4, -0.2) is 17.7 Å². The number of hydrogen-bond donors (Lipinski definition) is 1. The number of methoxy groups -OCH3 is 1. The van der Waals surface area contributed by atoms with Crippen LogP contribution < -0.4 is 5.73 Å². The lowest BCUT2D eigenvalue weighted by Gasteiger charge is -2.27. The normalized spacial score (nSPS) is 13.8. The highest BCUT2D eigenvalue weighted by Crippen LogP contribution is 2.28. The molecule has 0 aliphatic rings. The molecule has 2 rings (SSSR count). The lowest BCUT2D eigenvalue weighted by molar-refractivity contribution is 0.0100. The van der Waals surface area contributed by atoms with Gasteiger partial charge in [-0.25, -0.2) is 0 Å². The fourth-order valence-electron chi connectivity index (χ4n) is 2.15. The highest BCUT2D eigenvalue weighted by atomic mass is 16.5. The van der Waals surface area contributed by atoms with Crippen LogP contribution in [-0.2, 0) is 4.74 Å². The first-order valence-corrected chi connectivity index (χ1v) is 6.18. The van der Waals surface area contributed by atoms with Gasteiger partial charge in [-0.1, -0.05) is 24.3 Å². The minimum absolute atomic E-state index is 0.0708. The van der Waals surface area contributed by atoms with Crippen LogP contribution in [0.2, 0.25) is 0 Å². The second-order valence-corrected chi connectivity index (χ2v) is 5.20. The second-order valence-electron chi connectivity index (χ2n) is 5.20. The van der Waals surface area contributed by atoms with Gasteiger partial charge in [0.15, 0.2) is 0 Å². The van der Waals surface area contributed by atoms with Gasteiger partial charge in [-0.2, -0.15) is 0 Å². The third-order valence-corrected chi connectivity index (χ3v) is 3.33. The van der Waals surface area contributed by atoms with E-state index in [1.165, 1.54) is 0 Å². The molecular formula is C15H20N2O. The topological polar surface area (TPSA) is 48.1 Å². The summed E-state index contributed by atoms with van der Waals surface area (Å²) in [5.74, 6) is 0. The molecule has 0 amide bonds. The number of ether oxygens (including phenoxy) is 1. The molecule has 1 aromatic carbocycles. The summed E-state index contributed by atoms with van der Waals surface area (Å²) in [5, 5.41) is 1.13. The fraction of sp³-hybridized carbons (Fsp3) is 0.400. The van der Waals surface area contributed by atoms with Crippen LogP contribution in [0.3, 0.4) is 0 Å². The molecule has 0 bridgehead atoms. The van der Waals surface area contributed by atoms with Crippen LogP contribution >= 0.6 is 0 Å². The third kappa shape index (κ3) is 2.68. The van der Waals surface area contributed by atoms with Gasteiger partial charge >= 0.3 is 0 Å². The summed E-state index contributed by atoms with van der Waals surface area (Å²) in [5.41, 5.74) is 8.14. The number of nitrogens with zero attached hydrogens (tertiary/aromatic N) is 1. The molecule has 0 saturated heterocycles. The number of nitrogens with two attached hydrogens (primary N) is 1. The maximum Gasteiger partial charge on any atom is 0.0749 e. The second kappa shape index (κ2) is 5.04. The van der Waals surface area contributed by atoms with E-state index < -0.39 is 0 Å². The van der Waals surface area contributed by atoms with Gasteiger partial charge in [0, 0.05) is 24.7 Å². The zero-order valence-corrected chi connectivity index (χ0v) is 11.2. The molecule has 3 nitrogen and oxygen atoms in total. The van der Waals surface area contributed by atoms with Crippen molar-refractivity contribution in [2.45, 2.75) is 31.9 Å². The van der Waals surface area contributed by atoms with E-state index in [1.807, 2.05) is 32.0 Å². The van der Waals surface area contributed by atoms with Gasteiger partial charge in [0.05, 0.1) is 11.1 Å².